The van der Waals surface area contributed by atoms with E-state index in [1.54, 1.807) is 7.05 Å². The predicted octanol–water partition coefficient (Wildman–Crippen LogP) is 7.01. The van der Waals surface area contributed by atoms with Gasteiger partial charge in [0.1, 0.15) is 0 Å². The summed E-state index contributed by atoms with van der Waals surface area (Å²) in [6.07, 6.45) is 4.63. The maximum absolute atomic E-state index is 11.2. The molecule has 7 nitrogen and oxygen atoms in total. The first-order valence-electron chi connectivity index (χ1n) is 12.6. The number of benzene rings is 1. The molecule has 1 aromatic carbocycles. The number of nitrogens with zero attached hydrogens (tertiary/aromatic N) is 5. The first-order chi connectivity index (χ1) is 17.2. The Hall–Kier alpha value is -2.94. The number of ether oxygens (including phenoxy) is 1. The molecule has 0 bridgehead atoms. The molecule has 9 heteroatoms. The van der Waals surface area contributed by atoms with Crippen molar-refractivity contribution in [2.24, 2.45) is 21.6 Å². The van der Waals surface area contributed by atoms with Gasteiger partial charge in [-0.15, -0.1) is 5.10 Å². The van der Waals surface area contributed by atoms with E-state index in [2.05, 4.69) is 47.6 Å². The smallest absolute Gasteiger partial charge is 0.241 e. The lowest BCUT2D eigenvalue weighted by atomic mass is 9.71. The first kappa shape index (κ1) is 26.1. The van der Waals surface area contributed by atoms with E-state index in [-0.39, 0.29) is 0 Å². The van der Waals surface area contributed by atoms with Gasteiger partial charge in [-0.1, -0.05) is 19.9 Å². The van der Waals surface area contributed by atoms with Crippen LogP contribution in [0, 0.1) is 25.2 Å². The molecule has 2 fully saturated rings. The van der Waals surface area contributed by atoms with E-state index in [9.17, 15) is 8.78 Å². The van der Waals surface area contributed by atoms with Gasteiger partial charge in [0.05, 0.1) is 30.1 Å². The highest BCUT2D eigenvalue weighted by molar-refractivity contribution is 5.83. The van der Waals surface area contributed by atoms with Gasteiger partial charge in [-0.3, -0.25) is 0 Å². The minimum absolute atomic E-state index is 0.436. The molecular weight excluding hydrogens is 462 g/mol. The zero-order valence-corrected chi connectivity index (χ0v) is 21.8. The first-order valence-corrected chi connectivity index (χ1v) is 12.6. The quantitative estimate of drug-likeness (QED) is 0.384. The van der Waals surface area contributed by atoms with Crippen LogP contribution in [0.4, 0.5) is 20.4 Å². The van der Waals surface area contributed by atoms with Crippen molar-refractivity contribution in [1.82, 2.24) is 14.6 Å². The molecule has 1 aliphatic heterocycles. The Morgan fingerprint density at radius 2 is 1.83 bits per heavy atom. The van der Waals surface area contributed by atoms with Gasteiger partial charge >= 0.3 is 0 Å². The molecule has 0 radical (unpaired) electrons. The van der Waals surface area contributed by atoms with Crippen LogP contribution in [0.1, 0.15) is 50.8 Å². The molecule has 1 aliphatic carbocycles. The van der Waals surface area contributed by atoms with Gasteiger partial charge in [0.15, 0.2) is 0 Å². The Kier molecular flexibility index (Phi) is 7.97. The number of hydrogen-bond donors (Lipinski definition) is 1. The maximum Gasteiger partial charge on any atom is 0.241 e. The molecule has 2 aromatic heterocycles. The number of anilines is 1. The number of aryl methyl sites for hydroxylation is 2. The molecule has 1 spiro atoms. The topological polar surface area (TPSA) is 76.2 Å². The van der Waals surface area contributed by atoms with Crippen LogP contribution < -0.4 is 5.32 Å². The number of rotatable bonds is 5. The van der Waals surface area contributed by atoms with Crippen LogP contribution in [0.25, 0.3) is 16.6 Å². The fraction of sp³-hybridized carbons (Fsp3) is 0.556. The summed E-state index contributed by atoms with van der Waals surface area (Å²) in [6.45, 7) is 8.97. The van der Waals surface area contributed by atoms with Crippen LogP contribution in [0.2, 0.25) is 0 Å². The number of alkyl halides is 2. The minimum Gasteiger partial charge on any atom is -0.380 e. The number of hydrogen-bond acceptors (Lipinski definition) is 6. The van der Waals surface area contributed by atoms with Gasteiger partial charge in [0, 0.05) is 36.2 Å². The molecule has 0 atom stereocenters. The zero-order chi connectivity index (χ0) is 25.9. The number of aromatic nitrogens is 3. The van der Waals surface area contributed by atoms with E-state index in [4.69, 9.17) is 14.8 Å². The SMILES string of the molecule is CC(C)C(F)F.CN=Nc1ccc(-c2ccn3nc(NC4CCC5(CC4)COC5)nc(C)c23)cc1C. The molecule has 2 aliphatic rings. The Balaban J connectivity index is 0.000000455. The third-order valence-corrected chi connectivity index (χ3v) is 7.10. The molecule has 194 valence electrons. The summed E-state index contributed by atoms with van der Waals surface area (Å²) in [4.78, 5) is 4.79. The van der Waals surface area contributed by atoms with Crippen LogP contribution in [-0.2, 0) is 4.74 Å². The van der Waals surface area contributed by atoms with Crippen molar-refractivity contribution in [3.63, 3.8) is 0 Å². The van der Waals surface area contributed by atoms with Gasteiger partial charge in [0.25, 0.3) is 0 Å². The Morgan fingerprint density at radius 1 is 1.14 bits per heavy atom. The van der Waals surface area contributed by atoms with Crippen LogP contribution in [-0.4, -0.2) is 47.3 Å². The third kappa shape index (κ3) is 5.72. The van der Waals surface area contributed by atoms with Gasteiger partial charge in [-0.05, 0) is 68.9 Å². The number of azo groups is 1. The zero-order valence-electron chi connectivity index (χ0n) is 21.8. The summed E-state index contributed by atoms with van der Waals surface area (Å²) in [5.41, 5.74) is 6.74. The third-order valence-electron chi connectivity index (χ3n) is 7.10. The largest absolute Gasteiger partial charge is 0.380 e. The average Bonchev–Trinajstić information content (AvgIpc) is 3.25. The van der Waals surface area contributed by atoms with Crippen LogP contribution in [0.3, 0.4) is 0 Å². The van der Waals surface area contributed by atoms with Crippen molar-refractivity contribution in [2.75, 3.05) is 25.6 Å². The van der Waals surface area contributed by atoms with Crippen LogP contribution in [0.15, 0.2) is 40.7 Å². The Morgan fingerprint density at radius 3 is 2.39 bits per heavy atom. The number of fused-ring (bicyclic) bond motifs is 1. The summed E-state index contributed by atoms with van der Waals surface area (Å²) in [5.74, 6) is 0.229. The molecule has 1 N–H and O–H groups in total. The highest BCUT2D eigenvalue weighted by atomic mass is 19.3. The van der Waals surface area contributed by atoms with Gasteiger partial charge in [0.2, 0.25) is 12.4 Å². The van der Waals surface area contributed by atoms with Crippen molar-refractivity contribution in [2.45, 2.75) is 65.8 Å². The standard InChI is InChI=1S/C23H28N6O.C4H8F2/c1-15-12-17(4-5-20(15)27-24-3)19-8-11-29-21(19)16(2)25-22(28-29)26-18-6-9-23(10-7-18)13-30-14-23;1-3(2)4(5)6/h4-5,8,11-12,18H,6-7,9-10,13-14H2,1-3H3,(H,26,28);3-4H,1-2H3. The molecule has 1 saturated carbocycles. The van der Waals surface area contributed by atoms with Gasteiger partial charge in [-0.25, -0.2) is 18.3 Å². The van der Waals surface area contributed by atoms with Crippen LogP contribution in [0.5, 0.6) is 0 Å². The van der Waals surface area contributed by atoms with Crippen molar-refractivity contribution < 1.29 is 13.5 Å². The lowest BCUT2D eigenvalue weighted by Crippen LogP contribution is -2.47. The average molecular weight is 499 g/mol. The molecule has 0 amide bonds. The Labute approximate surface area is 211 Å². The van der Waals surface area contributed by atoms with Crippen molar-refractivity contribution >= 4 is 17.2 Å². The molecular formula is C27H36F2N6O. The van der Waals surface area contributed by atoms with Gasteiger partial charge < -0.3 is 10.1 Å². The molecule has 0 unspecified atom stereocenters. The molecule has 1 saturated heterocycles. The lowest BCUT2D eigenvalue weighted by molar-refractivity contribution is -0.131. The summed E-state index contributed by atoms with van der Waals surface area (Å²) >= 11 is 0. The van der Waals surface area contributed by atoms with Gasteiger partial charge in [-0.2, -0.15) is 10.2 Å². The Bertz CT molecular complexity index is 1200. The van der Waals surface area contributed by atoms with Crippen LogP contribution >= 0.6 is 0 Å². The second kappa shape index (κ2) is 11.0. The number of halogens is 2. The highest BCUT2D eigenvalue weighted by Crippen LogP contribution is 2.42. The number of nitrogens with one attached hydrogen (secondary N) is 1. The fourth-order valence-electron chi connectivity index (χ4n) is 4.78. The molecule has 3 heterocycles. The molecule has 5 rings (SSSR count). The second-order valence-corrected chi connectivity index (χ2v) is 10.3. The normalized spacial score (nSPS) is 17.6. The maximum atomic E-state index is 11.2. The fourth-order valence-corrected chi connectivity index (χ4v) is 4.78. The molecule has 36 heavy (non-hydrogen) atoms. The second-order valence-electron chi connectivity index (χ2n) is 10.3. The predicted molar refractivity (Wildman–Crippen MR) is 138 cm³/mol. The summed E-state index contributed by atoms with van der Waals surface area (Å²) in [6, 6.07) is 8.78. The summed E-state index contributed by atoms with van der Waals surface area (Å²) in [7, 11) is 1.69. The molecule has 3 aromatic rings. The summed E-state index contributed by atoms with van der Waals surface area (Å²) < 4.78 is 29.7. The van der Waals surface area contributed by atoms with Crippen molar-refractivity contribution in [1.29, 1.82) is 0 Å². The van der Waals surface area contributed by atoms with E-state index >= 15 is 0 Å². The highest BCUT2D eigenvalue weighted by Gasteiger charge is 2.41. The summed E-state index contributed by atoms with van der Waals surface area (Å²) in [5, 5.41) is 16.4. The van der Waals surface area contributed by atoms with E-state index in [0.717, 1.165) is 59.6 Å². The van der Waals surface area contributed by atoms with Crippen molar-refractivity contribution in [3.8, 4) is 11.1 Å². The lowest BCUT2D eigenvalue weighted by Gasteiger charge is -2.46. The van der Waals surface area contributed by atoms with E-state index < -0.39 is 12.3 Å². The van der Waals surface area contributed by atoms with E-state index in [1.807, 2.05) is 16.8 Å². The van der Waals surface area contributed by atoms with E-state index in [1.165, 1.54) is 26.7 Å². The minimum atomic E-state index is -2.15. The van der Waals surface area contributed by atoms with Crippen molar-refractivity contribution in [3.05, 3.63) is 41.7 Å². The van der Waals surface area contributed by atoms with E-state index in [0.29, 0.717) is 17.4 Å². The monoisotopic (exact) mass is 498 g/mol.